The molecule has 0 spiro atoms. The van der Waals surface area contributed by atoms with Crippen molar-refractivity contribution in [3.05, 3.63) is 95.2 Å². The number of anilines is 1. The average Bonchev–Trinajstić information content (AvgIpc) is 3.41. The van der Waals surface area contributed by atoms with Crippen LogP contribution in [0.5, 0.6) is 0 Å². The average molecular weight is 479 g/mol. The molecule has 0 saturated carbocycles. The summed E-state index contributed by atoms with van der Waals surface area (Å²) in [5, 5.41) is 0.738. The molecule has 5 rings (SSSR count). The zero-order chi connectivity index (χ0) is 25.1. The fourth-order valence-electron chi connectivity index (χ4n) is 4.95. The third kappa shape index (κ3) is 4.58. The molecule has 2 aromatic carbocycles. The number of aromatic nitrogens is 2. The van der Waals surface area contributed by atoms with Crippen molar-refractivity contribution >= 4 is 34.2 Å². The lowest BCUT2D eigenvalue weighted by atomic mass is 9.89. The van der Waals surface area contributed by atoms with Crippen molar-refractivity contribution in [2.24, 2.45) is 5.92 Å². The van der Waals surface area contributed by atoms with Gasteiger partial charge in [0, 0.05) is 23.5 Å². The minimum atomic E-state index is -0.516. The Labute approximate surface area is 209 Å². The summed E-state index contributed by atoms with van der Waals surface area (Å²) in [7, 11) is 1.38. The molecule has 3 aromatic rings. The number of amides is 1. The van der Waals surface area contributed by atoms with Crippen molar-refractivity contribution in [3.63, 3.8) is 0 Å². The Bertz CT molecular complexity index is 1460. The van der Waals surface area contributed by atoms with Crippen molar-refractivity contribution in [2.45, 2.75) is 25.3 Å². The van der Waals surface area contributed by atoms with Gasteiger partial charge in [-0.3, -0.25) is 9.59 Å². The van der Waals surface area contributed by atoms with Crippen LogP contribution in [0.2, 0.25) is 0 Å². The Kier molecular flexibility index (Phi) is 6.50. The second-order valence-electron chi connectivity index (χ2n) is 8.93. The number of carbonyl (C=O) groups excluding carboxylic acids is 2. The fraction of sp³-hybridized carbons (Fsp3) is 0.241. The number of carbonyl (C=O) groups is 2. The predicted octanol–water partition coefficient (Wildman–Crippen LogP) is 3.87. The highest BCUT2D eigenvalue weighted by Crippen LogP contribution is 2.31. The van der Waals surface area contributed by atoms with E-state index in [1.54, 1.807) is 11.0 Å². The molecule has 2 heterocycles. The van der Waals surface area contributed by atoms with E-state index in [0.717, 1.165) is 40.4 Å². The SMILES string of the molecule is COC(=O)C(Cc1ccc2ncnc(N)c2c1)C1CCCN1C(=O)C1=C=C=C(c2ccccc2)C=C1. The molecule has 0 radical (unpaired) electrons. The first-order chi connectivity index (χ1) is 17.5. The quantitative estimate of drug-likeness (QED) is 0.427. The zero-order valence-corrected chi connectivity index (χ0v) is 20.0. The van der Waals surface area contributed by atoms with Gasteiger partial charge >= 0.3 is 5.97 Å². The number of ether oxygens (including phenoxy) is 1. The Balaban J connectivity index is 1.42. The van der Waals surface area contributed by atoms with E-state index in [1.807, 2.05) is 54.6 Å². The van der Waals surface area contributed by atoms with Crippen molar-refractivity contribution in [1.82, 2.24) is 14.9 Å². The predicted molar refractivity (Wildman–Crippen MR) is 137 cm³/mol. The molecule has 2 atom stereocenters. The number of esters is 1. The van der Waals surface area contributed by atoms with E-state index < -0.39 is 5.92 Å². The maximum Gasteiger partial charge on any atom is 0.311 e. The fourth-order valence-corrected chi connectivity index (χ4v) is 4.95. The summed E-state index contributed by atoms with van der Waals surface area (Å²) in [4.78, 5) is 36.5. The van der Waals surface area contributed by atoms with E-state index in [-0.39, 0.29) is 17.9 Å². The molecule has 1 aliphatic carbocycles. The lowest BCUT2D eigenvalue weighted by Crippen LogP contribution is -2.44. The molecule has 1 amide bonds. The number of nitrogens with zero attached hydrogens (tertiary/aromatic N) is 3. The maximum absolute atomic E-state index is 13.5. The number of hydrogen-bond acceptors (Lipinski definition) is 6. The minimum absolute atomic E-state index is 0.154. The number of likely N-dealkylation sites (tertiary alicyclic amines) is 1. The first-order valence-corrected chi connectivity index (χ1v) is 11.9. The van der Waals surface area contributed by atoms with Crippen LogP contribution in [0.4, 0.5) is 5.82 Å². The number of rotatable bonds is 6. The van der Waals surface area contributed by atoms with E-state index >= 15 is 0 Å². The number of fused-ring (bicyclic) bond motifs is 1. The molecule has 7 nitrogen and oxygen atoms in total. The van der Waals surface area contributed by atoms with Crippen LogP contribution < -0.4 is 5.73 Å². The molecule has 0 bridgehead atoms. The van der Waals surface area contributed by atoms with Crippen LogP contribution in [-0.4, -0.2) is 46.4 Å². The molecule has 2 aliphatic rings. The Morgan fingerprint density at radius 2 is 1.97 bits per heavy atom. The Morgan fingerprint density at radius 3 is 2.72 bits per heavy atom. The first-order valence-electron chi connectivity index (χ1n) is 11.9. The van der Waals surface area contributed by atoms with Gasteiger partial charge in [-0.05, 0) is 54.7 Å². The van der Waals surface area contributed by atoms with Gasteiger partial charge in [-0.1, -0.05) is 47.9 Å². The largest absolute Gasteiger partial charge is 0.469 e. The molecule has 1 aromatic heterocycles. The van der Waals surface area contributed by atoms with Crippen LogP contribution in [0.15, 0.2) is 84.0 Å². The van der Waals surface area contributed by atoms with Gasteiger partial charge in [0.25, 0.3) is 5.91 Å². The molecular formula is C29H26N4O3. The highest BCUT2D eigenvalue weighted by atomic mass is 16.5. The number of allylic oxidation sites excluding steroid dienone is 2. The van der Waals surface area contributed by atoms with Gasteiger partial charge in [0.05, 0.1) is 24.1 Å². The number of benzene rings is 2. The van der Waals surface area contributed by atoms with Gasteiger partial charge in [0.15, 0.2) is 0 Å². The van der Waals surface area contributed by atoms with Crippen molar-refractivity contribution in [1.29, 1.82) is 0 Å². The van der Waals surface area contributed by atoms with Gasteiger partial charge < -0.3 is 15.4 Å². The van der Waals surface area contributed by atoms with Crippen molar-refractivity contribution < 1.29 is 14.3 Å². The van der Waals surface area contributed by atoms with E-state index in [2.05, 4.69) is 21.4 Å². The minimum Gasteiger partial charge on any atom is -0.469 e. The molecule has 180 valence electrons. The molecule has 36 heavy (non-hydrogen) atoms. The highest BCUT2D eigenvalue weighted by Gasteiger charge is 2.39. The van der Waals surface area contributed by atoms with Crippen LogP contribution in [-0.2, 0) is 20.7 Å². The Morgan fingerprint density at radius 1 is 1.14 bits per heavy atom. The van der Waals surface area contributed by atoms with E-state index in [1.165, 1.54) is 13.4 Å². The molecule has 1 saturated heterocycles. The van der Waals surface area contributed by atoms with Gasteiger partial charge in [-0.25, -0.2) is 9.97 Å². The summed E-state index contributed by atoms with van der Waals surface area (Å²) in [6.45, 7) is 0.573. The lowest BCUT2D eigenvalue weighted by molar-refractivity contribution is -0.148. The maximum atomic E-state index is 13.5. The lowest BCUT2D eigenvalue weighted by Gasteiger charge is -2.30. The zero-order valence-electron chi connectivity index (χ0n) is 20.0. The van der Waals surface area contributed by atoms with Gasteiger partial charge in [0.2, 0.25) is 0 Å². The number of nitrogen functional groups attached to an aromatic ring is 1. The Hall–Kier alpha value is -4.44. The number of methoxy groups -OCH3 is 1. The van der Waals surface area contributed by atoms with Crippen LogP contribution in [0, 0.1) is 5.92 Å². The third-order valence-electron chi connectivity index (χ3n) is 6.78. The standard InChI is InChI=1S/C29H26N4O3/c1-36-29(35)24(17-19-9-14-25-23(16-19)27(30)32-18-31-25)26-8-5-15-33(26)28(34)22-12-10-21(11-13-22)20-6-3-2-4-7-20/h2-4,6-7,9-10,12,14,16,18,24,26H,5,8,15,17H2,1H3,(H2,30,31,32). The summed E-state index contributed by atoms with van der Waals surface area (Å²) in [6.07, 6.45) is 7.02. The van der Waals surface area contributed by atoms with Gasteiger partial charge in [-0.15, -0.1) is 0 Å². The second kappa shape index (κ2) is 10.0. The third-order valence-corrected chi connectivity index (χ3v) is 6.78. The summed E-state index contributed by atoms with van der Waals surface area (Å²) in [5.74, 6) is -0.623. The van der Waals surface area contributed by atoms with Gasteiger partial charge in [0.1, 0.15) is 12.1 Å². The topological polar surface area (TPSA) is 98.4 Å². The normalized spacial score (nSPS) is 17.6. The van der Waals surface area contributed by atoms with Crippen LogP contribution in [0.3, 0.4) is 0 Å². The monoisotopic (exact) mass is 478 g/mol. The molecule has 2 unspecified atom stereocenters. The van der Waals surface area contributed by atoms with Crippen LogP contribution in [0.25, 0.3) is 16.5 Å². The second-order valence-corrected chi connectivity index (χ2v) is 8.93. The summed E-state index contributed by atoms with van der Waals surface area (Å²) in [6, 6.07) is 15.3. The molecule has 1 aliphatic heterocycles. The van der Waals surface area contributed by atoms with Crippen LogP contribution in [0.1, 0.15) is 24.0 Å². The first kappa shape index (κ1) is 23.3. The molecule has 7 heteroatoms. The van der Waals surface area contributed by atoms with Gasteiger partial charge in [-0.2, -0.15) is 0 Å². The summed E-state index contributed by atoms with van der Waals surface area (Å²) < 4.78 is 5.17. The molecular weight excluding hydrogens is 452 g/mol. The number of hydrogen-bond donors (Lipinski definition) is 1. The van der Waals surface area contributed by atoms with E-state index in [9.17, 15) is 9.59 Å². The highest BCUT2D eigenvalue weighted by molar-refractivity contribution is 5.98. The van der Waals surface area contributed by atoms with E-state index in [4.69, 9.17) is 10.5 Å². The smallest absolute Gasteiger partial charge is 0.311 e. The summed E-state index contributed by atoms with van der Waals surface area (Å²) in [5.41, 5.74) is 16.1. The van der Waals surface area contributed by atoms with E-state index in [0.29, 0.717) is 24.4 Å². The molecule has 1 fully saturated rings. The van der Waals surface area contributed by atoms with Crippen molar-refractivity contribution in [3.8, 4) is 0 Å². The van der Waals surface area contributed by atoms with Crippen LogP contribution >= 0.6 is 0 Å². The summed E-state index contributed by atoms with van der Waals surface area (Å²) >= 11 is 0. The van der Waals surface area contributed by atoms with Crippen molar-refractivity contribution in [2.75, 3.05) is 19.4 Å². The molecule has 2 N–H and O–H groups in total. The number of nitrogens with two attached hydrogens (primary N) is 1.